The molecule has 0 heterocycles. The van der Waals surface area contributed by atoms with E-state index < -0.39 is 6.03 Å². The third kappa shape index (κ3) is 5.19. The van der Waals surface area contributed by atoms with E-state index in [9.17, 15) is 4.79 Å². The number of nitrogens with two attached hydrogens (primary N) is 1. The van der Waals surface area contributed by atoms with Crippen LogP contribution in [0.5, 0.6) is 0 Å². The van der Waals surface area contributed by atoms with Crippen LogP contribution in [-0.2, 0) is 0 Å². The molecule has 3 N–H and O–H groups in total. The highest BCUT2D eigenvalue weighted by molar-refractivity contribution is 5.90. The van der Waals surface area contributed by atoms with E-state index in [2.05, 4.69) is 26.1 Å². The minimum absolute atomic E-state index is 0.101. The molecule has 0 atom stereocenters. The summed E-state index contributed by atoms with van der Waals surface area (Å²) in [6, 6.07) is 9.10. The standard InChI is InChI=1S/C14H23N3O/c1-14(2,3)16-10-7-11-17(13(15)18)12-8-5-4-6-9-12/h4-6,8-9,16H,7,10-11H2,1-3H3,(H2,15,18). The van der Waals surface area contributed by atoms with Gasteiger partial charge in [0, 0.05) is 17.8 Å². The number of amides is 2. The summed E-state index contributed by atoms with van der Waals surface area (Å²) in [6.07, 6.45) is 0.870. The molecule has 0 aromatic heterocycles. The molecule has 2 amide bonds. The predicted octanol–water partition coefficient (Wildman–Crippen LogP) is 2.35. The van der Waals surface area contributed by atoms with Crippen LogP contribution in [0.4, 0.5) is 10.5 Å². The number of rotatable bonds is 5. The monoisotopic (exact) mass is 249 g/mol. The van der Waals surface area contributed by atoms with Crippen molar-refractivity contribution >= 4 is 11.7 Å². The third-order valence-electron chi connectivity index (χ3n) is 2.55. The number of hydrogen-bond acceptors (Lipinski definition) is 2. The first kappa shape index (κ1) is 14.5. The Balaban J connectivity index is 2.48. The fraction of sp³-hybridized carbons (Fsp3) is 0.500. The van der Waals surface area contributed by atoms with E-state index in [0.29, 0.717) is 6.54 Å². The summed E-state index contributed by atoms with van der Waals surface area (Å²) in [4.78, 5) is 13.0. The van der Waals surface area contributed by atoms with Gasteiger partial charge in [-0.1, -0.05) is 18.2 Å². The van der Waals surface area contributed by atoms with Crippen LogP contribution in [0.15, 0.2) is 30.3 Å². The molecule has 0 bridgehead atoms. The molecule has 0 radical (unpaired) electrons. The molecule has 1 aromatic carbocycles. The topological polar surface area (TPSA) is 58.4 Å². The quantitative estimate of drug-likeness (QED) is 0.787. The van der Waals surface area contributed by atoms with Gasteiger partial charge in [-0.3, -0.25) is 4.90 Å². The van der Waals surface area contributed by atoms with Gasteiger partial charge in [-0.15, -0.1) is 0 Å². The maximum Gasteiger partial charge on any atom is 0.319 e. The lowest BCUT2D eigenvalue weighted by Gasteiger charge is -2.23. The largest absolute Gasteiger partial charge is 0.351 e. The lowest BCUT2D eigenvalue weighted by Crippen LogP contribution is -2.40. The number of nitrogens with one attached hydrogen (secondary N) is 1. The van der Waals surface area contributed by atoms with Crippen molar-refractivity contribution in [2.45, 2.75) is 32.7 Å². The number of anilines is 1. The SMILES string of the molecule is CC(C)(C)NCCCN(C(N)=O)c1ccccc1. The average molecular weight is 249 g/mol. The van der Waals surface area contributed by atoms with E-state index in [1.165, 1.54) is 0 Å². The molecule has 18 heavy (non-hydrogen) atoms. The van der Waals surface area contributed by atoms with E-state index in [1.807, 2.05) is 30.3 Å². The smallest absolute Gasteiger partial charge is 0.319 e. The van der Waals surface area contributed by atoms with E-state index in [-0.39, 0.29) is 5.54 Å². The summed E-state index contributed by atoms with van der Waals surface area (Å²) < 4.78 is 0. The molecule has 1 rings (SSSR count). The molecule has 0 spiro atoms. The number of nitrogens with zero attached hydrogens (tertiary/aromatic N) is 1. The molecule has 0 aliphatic heterocycles. The molecule has 4 nitrogen and oxygen atoms in total. The third-order valence-corrected chi connectivity index (χ3v) is 2.55. The fourth-order valence-electron chi connectivity index (χ4n) is 1.68. The van der Waals surface area contributed by atoms with Gasteiger partial charge in [0.2, 0.25) is 0 Å². The Hall–Kier alpha value is -1.55. The van der Waals surface area contributed by atoms with E-state index in [4.69, 9.17) is 5.73 Å². The average Bonchev–Trinajstić information content (AvgIpc) is 2.28. The Morgan fingerprint density at radius 2 is 1.89 bits per heavy atom. The van der Waals surface area contributed by atoms with E-state index in [0.717, 1.165) is 18.7 Å². The van der Waals surface area contributed by atoms with Crippen molar-refractivity contribution in [3.8, 4) is 0 Å². The number of primary amides is 1. The molecule has 0 saturated carbocycles. The molecule has 0 aliphatic carbocycles. The fourth-order valence-corrected chi connectivity index (χ4v) is 1.68. The second kappa shape index (κ2) is 6.40. The molecule has 0 aliphatic rings. The number of carbonyl (C=O) groups is 1. The number of urea groups is 1. The zero-order valence-corrected chi connectivity index (χ0v) is 11.4. The Morgan fingerprint density at radius 3 is 2.39 bits per heavy atom. The summed E-state index contributed by atoms with van der Waals surface area (Å²) in [6.45, 7) is 7.85. The highest BCUT2D eigenvalue weighted by Crippen LogP contribution is 2.13. The van der Waals surface area contributed by atoms with Crippen molar-refractivity contribution in [1.82, 2.24) is 5.32 Å². The van der Waals surface area contributed by atoms with Gasteiger partial charge in [0.05, 0.1) is 0 Å². The van der Waals surface area contributed by atoms with Gasteiger partial charge in [-0.2, -0.15) is 0 Å². The number of benzene rings is 1. The maximum absolute atomic E-state index is 11.4. The number of carbonyl (C=O) groups excluding carboxylic acids is 1. The minimum atomic E-state index is -0.406. The Morgan fingerprint density at radius 1 is 1.28 bits per heavy atom. The van der Waals surface area contributed by atoms with E-state index in [1.54, 1.807) is 4.90 Å². The van der Waals surface area contributed by atoms with Crippen LogP contribution in [0.1, 0.15) is 27.2 Å². The number of para-hydroxylation sites is 1. The van der Waals surface area contributed by atoms with Gasteiger partial charge >= 0.3 is 6.03 Å². The molecular weight excluding hydrogens is 226 g/mol. The van der Waals surface area contributed by atoms with Gasteiger partial charge < -0.3 is 11.1 Å². The zero-order valence-electron chi connectivity index (χ0n) is 11.4. The van der Waals surface area contributed by atoms with Gasteiger partial charge in [0.15, 0.2) is 0 Å². The van der Waals surface area contributed by atoms with Crippen molar-refractivity contribution in [3.63, 3.8) is 0 Å². The lowest BCUT2D eigenvalue weighted by atomic mass is 10.1. The van der Waals surface area contributed by atoms with Crippen molar-refractivity contribution in [1.29, 1.82) is 0 Å². The Bertz CT molecular complexity index is 370. The van der Waals surface area contributed by atoms with Gasteiger partial charge in [0.1, 0.15) is 0 Å². The summed E-state index contributed by atoms with van der Waals surface area (Å²) in [7, 11) is 0. The van der Waals surface area contributed by atoms with Crippen LogP contribution < -0.4 is 16.0 Å². The molecule has 1 aromatic rings. The Labute approximate surface area is 109 Å². The van der Waals surface area contributed by atoms with Gasteiger partial charge in [-0.25, -0.2) is 4.79 Å². The molecular formula is C14H23N3O. The lowest BCUT2D eigenvalue weighted by molar-refractivity contribution is 0.253. The van der Waals surface area contributed by atoms with Crippen molar-refractivity contribution in [2.24, 2.45) is 5.73 Å². The van der Waals surface area contributed by atoms with Crippen LogP contribution >= 0.6 is 0 Å². The van der Waals surface area contributed by atoms with Crippen molar-refractivity contribution < 1.29 is 4.79 Å². The predicted molar refractivity (Wildman–Crippen MR) is 75.7 cm³/mol. The van der Waals surface area contributed by atoms with Gasteiger partial charge in [0.25, 0.3) is 0 Å². The van der Waals surface area contributed by atoms with Gasteiger partial charge in [-0.05, 0) is 45.9 Å². The van der Waals surface area contributed by atoms with Crippen LogP contribution in [0.25, 0.3) is 0 Å². The molecule has 100 valence electrons. The minimum Gasteiger partial charge on any atom is -0.351 e. The van der Waals surface area contributed by atoms with Crippen molar-refractivity contribution in [3.05, 3.63) is 30.3 Å². The van der Waals surface area contributed by atoms with Crippen LogP contribution in [0.2, 0.25) is 0 Å². The summed E-state index contributed by atoms with van der Waals surface area (Å²) in [5, 5.41) is 3.39. The summed E-state index contributed by atoms with van der Waals surface area (Å²) in [5.74, 6) is 0. The highest BCUT2D eigenvalue weighted by atomic mass is 16.2. The van der Waals surface area contributed by atoms with Crippen LogP contribution in [0.3, 0.4) is 0 Å². The molecule has 0 fully saturated rings. The summed E-state index contributed by atoms with van der Waals surface area (Å²) >= 11 is 0. The molecule has 0 saturated heterocycles. The second-order valence-corrected chi connectivity index (χ2v) is 5.36. The van der Waals surface area contributed by atoms with Crippen molar-refractivity contribution in [2.75, 3.05) is 18.0 Å². The highest BCUT2D eigenvalue weighted by Gasteiger charge is 2.12. The first-order valence-electron chi connectivity index (χ1n) is 6.27. The molecule has 4 heteroatoms. The van der Waals surface area contributed by atoms with Crippen LogP contribution in [-0.4, -0.2) is 24.7 Å². The maximum atomic E-state index is 11.4. The Kier molecular flexibility index (Phi) is 5.16. The van der Waals surface area contributed by atoms with E-state index >= 15 is 0 Å². The zero-order chi connectivity index (χ0) is 13.6. The first-order valence-corrected chi connectivity index (χ1v) is 6.27. The normalized spacial score (nSPS) is 11.3. The number of hydrogen-bond donors (Lipinski definition) is 2. The second-order valence-electron chi connectivity index (χ2n) is 5.36. The first-order chi connectivity index (χ1) is 8.40. The summed E-state index contributed by atoms with van der Waals surface area (Å²) in [5.41, 5.74) is 6.35. The molecule has 0 unspecified atom stereocenters. The van der Waals surface area contributed by atoms with Crippen LogP contribution in [0, 0.1) is 0 Å².